The Hall–Kier alpha value is -3.38. The van der Waals surface area contributed by atoms with E-state index in [2.05, 4.69) is 109 Å². The van der Waals surface area contributed by atoms with Gasteiger partial charge >= 0.3 is 0 Å². The molecule has 0 nitrogen and oxygen atoms in total. The predicted octanol–water partition coefficient (Wildman–Crippen LogP) is 7.33. The lowest BCUT2D eigenvalue weighted by Gasteiger charge is -2.12. The van der Waals surface area contributed by atoms with Gasteiger partial charge in [-0.2, -0.15) is 0 Å². The minimum atomic E-state index is 1.26. The van der Waals surface area contributed by atoms with Crippen LogP contribution in [-0.2, 0) is 0 Å². The molecule has 0 saturated heterocycles. The van der Waals surface area contributed by atoms with E-state index in [9.17, 15) is 0 Å². The minimum Gasteiger partial charge on any atom is -0.0622 e. The Bertz CT molecular complexity index is 1110. The molecule has 122 valence electrons. The molecule has 0 bridgehead atoms. The molecule has 0 aliphatic carbocycles. The van der Waals surface area contributed by atoms with Crippen LogP contribution in [0.4, 0.5) is 0 Å². The fraction of sp³-hybridized carbons (Fsp3) is 0. The maximum Gasteiger partial charge on any atom is -0.00988 e. The van der Waals surface area contributed by atoms with Crippen LogP contribution in [0.1, 0.15) is 0 Å². The average molecular weight is 330 g/mol. The van der Waals surface area contributed by atoms with E-state index in [1.165, 1.54) is 43.8 Å². The highest BCUT2D eigenvalue weighted by Crippen LogP contribution is 2.35. The first-order chi connectivity index (χ1) is 12.9. The van der Waals surface area contributed by atoms with Gasteiger partial charge in [-0.15, -0.1) is 0 Å². The second kappa shape index (κ2) is 6.16. The largest absolute Gasteiger partial charge is 0.0622 e. The fourth-order valence-electron chi connectivity index (χ4n) is 3.79. The molecule has 26 heavy (non-hydrogen) atoms. The van der Waals surface area contributed by atoms with Gasteiger partial charge in [-0.05, 0) is 55.9 Å². The van der Waals surface area contributed by atoms with E-state index in [1.54, 1.807) is 0 Å². The fourth-order valence-corrected chi connectivity index (χ4v) is 3.79. The topological polar surface area (TPSA) is 0 Å². The van der Waals surface area contributed by atoms with Crippen molar-refractivity contribution >= 4 is 21.5 Å². The van der Waals surface area contributed by atoms with Gasteiger partial charge < -0.3 is 0 Å². The lowest BCUT2D eigenvalue weighted by molar-refractivity contribution is 1.64. The van der Waals surface area contributed by atoms with E-state index in [4.69, 9.17) is 0 Å². The summed E-state index contributed by atoms with van der Waals surface area (Å²) in [6.45, 7) is 0. The van der Waals surface area contributed by atoms with Gasteiger partial charge in [-0.3, -0.25) is 0 Å². The zero-order chi connectivity index (χ0) is 17.3. The molecule has 0 saturated carbocycles. The summed E-state index contributed by atoms with van der Waals surface area (Å²) in [4.78, 5) is 0. The minimum absolute atomic E-state index is 1.26. The summed E-state index contributed by atoms with van der Waals surface area (Å²) in [5, 5.41) is 5.16. The van der Waals surface area contributed by atoms with Crippen LogP contribution in [0.3, 0.4) is 0 Å². The molecule has 0 fully saturated rings. The van der Waals surface area contributed by atoms with Crippen molar-refractivity contribution in [2.45, 2.75) is 0 Å². The summed E-state index contributed by atoms with van der Waals surface area (Å²) in [6, 6.07) is 39.1. The Morgan fingerprint density at radius 3 is 1.27 bits per heavy atom. The summed E-state index contributed by atoms with van der Waals surface area (Å²) in [5.74, 6) is 0. The van der Waals surface area contributed by atoms with Crippen molar-refractivity contribution in [1.29, 1.82) is 0 Å². The van der Waals surface area contributed by atoms with Gasteiger partial charge in [-0.25, -0.2) is 0 Å². The van der Waals surface area contributed by atoms with Gasteiger partial charge in [0, 0.05) is 0 Å². The first-order valence-corrected chi connectivity index (χ1v) is 8.96. The molecule has 5 aromatic carbocycles. The molecule has 0 aromatic heterocycles. The van der Waals surface area contributed by atoms with Crippen molar-refractivity contribution in [1.82, 2.24) is 0 Å². The molecule has 0 amide bonds. The molecule has 0 spiro atoms. The van der Waals surface area contributed by atoms with Gasteiger partial charge in [0.15, 0.2) is 0 Å². The summed E-state index contributed by atoms with van der Waals surface area (Å²) >= 11 is 0. The first kappa shape index (κ1) is 14.9. The van der Waals surface area contributed by atoms with Crippen LogP contribution in [0.5, 0.6) is 0 Å². The van der Waals surface area contributed by atoms with E-state index in [0.29, 0.717) is 0 Å². The SMILES string of the molecule is c1ccc(-c2cccc3cc4cccc(-c5ccccc5)c4cc23)cc1. The smallest absolute Gasteiger partial charge is 0.00988 e. The molecule has 5 aromatic rings. The van der Waals surface area contributed by atoms with Crippen molar-refractivity contribution < 1.29 is 0 Å². The third-order valence-corrected chi connectivity index (χ3v) is 5.05. The van der Waals surface area contributed by atoms with Crippen LogP contribution < -0.4 is 0 Å². The quantitative estimate of drug-likeness (QED) is 0.297. The molecule has 0 unspecified atom stereocenters. The monoisotopic (exact) mass is 330 g/mol. The molecular weight excluding hydrogens is 312 g/mol. The lowest BCUT2D eigenvalue weighted by atomic mass is 9.92. The Balaban J connectivity index is 1.85. The van der Waals surface area contributed by atoms with Crippen molar-refractivity contribution in [3.05, 3.63) is 109 Å². The van der Waals surface area contributed by atoms with Crippen molar-refractivity contribution in [2.24, 2.45) is 0 Å². The molecule has 5 rings (SSSR count). The molecule has 0 atom stereocenters. The lowest BCUT2D eigenvalue weighted by Crippen LogP contribution is -1.85. The number of rotatable bonds is 2. The van der Waals surface area contributed by atoms with E-state index in [0.717, 1.165) is 0 Å². The van der Waals surface area contributed by atoms with Crippen LogP contribution >= 0.6 is 0 Å². The maximum absolute atomic E-state index is 2.36. The maximum atomic E-state index is 2.36. The Morgan fingerprint density at radius 1 is 0.346 bits per heavy atom. The second-order valence-corrected chi connectivity index (χ2v) is 6.64. The Labute approximate surface area is 153 Å². The highest BCUT2D eigenvalue weighted by Gasteiger charge is 2.08. The summed E-state index contributed by atoms with van der Waals surface area (Å²) < 4.78 is 0. The van der Waals surface area contributed by atoms with Crippen LogP contribution in [0, 0.1) is 0 Å². The summed E-state index contributed by atoms with van der Waals surface area (Å²) in [6.07, 6.45) is 0. The number of hydrogen-bond donors (Lipinski definition) is 0. The van der Waals surface area contributed by atoms with E-state index in [-0.39, 0.29) is 0 Å². The van der Waals surface area contributed by atoms with Gasteiger partial charge in [-0.1, -0.05) is 97.1 Å². The Kier molecular flexibility index (Phi) is 3.54. The predicted molar refractivity (Wildman–Crippen MR) is 112 cm³/mol. The zero-order valence-corrected chi connectivity index (χ0v) is 14.4. The van der Waals surface area contributed by atoms with Crippen molar-refractivity contribution in [3.8, 4) is 22.3 Å². The molecule has 0 N–H and O–H groups in total. The van der Waals surface area contributed by atoms with Gasteiger partial charge in [0.05, 0.1) is 0 Å². The molecule has 0 heteroatoms. The summed E-state index contributed by atoms with van der Waals surface area (Å²) in [7, 11) is 0. The van der Waals surface area contributed by atoms with Crippen LogP contribution in [0.15, 0.2) is 109 Å². The van der Waals surface area contributed by atoms with Crippen molar-refractivity contribution in [2.75, 3.05) is 0 Å². The summed E-state index contributed by atoms with van der Waals surface area (Å²) in [5.41, 5.74) is 5.09. The second-order valence-electron chi connectivity index (χ2n) is 6.64. The van der Waals surface area contributed by atoms with Gasteiger partial charge in [0.2, 0.25) is 0 Å². The molecule has 0 aliphatic rings. The van der Waals surface area contributed by atoms with Crippen LogP contribution in [0.2, 0.25) is 0 Å². The zero-order valence-electron chi connectivity index (χ0n) is 14.4. The molecule has 0 aliphatic heterocycles. The normalized spacial score (nSPS) is 11.1. The van der Waals surface area contributed by atoms with Crippen molar-refractivity contribution in [3.63, 3.8) is 0 Å². The van der Waals surface area contributed by atoms with E-state index in [1.807, 2.05) is 0 Å². The standard InChI is InChI=1S/C26H18/c1-3-9-19(10-4-1)23-15-7-13-21-17-22-14-8-16-24(26(22)18-25(21)23)20-11-5-2-6-12-20/h1-18H. The van der Waals surface area contributed by atoms with E-state index >= 15 is 0 Å². The highest BCUT2D eigenvalue weighted by atomic mass is 14.1. The van der Waals surface area contributed by atoms with Crippen LogP contribution in [0.25, 0.3) is 43.8 Å². The third kappa shape index (κ3) is 2.48. The van der Waals surface area contributed by atoms with E-state index < -0.39 is 0 Å². The molecule has 0 radical (unpaired) electrons. The number of hydrogen-bond acceptors (Lipinski definition) is 0. The molecular formula is C26H18. The van der Waals surface area contributed by atoms with Crippen LogP contribution in [-0.4, -0.2) is 0 Å². The molecule has 0 heterocycles. The average Bonchev–Trinajstić information content (AvgIpc) is 2.72. The highest BCUT2D eigenvalue weighted by molar-refractivity contribution is 6.09. The number of fused-ring (bicyclic) bond motifs is 2. The van der Waals surface area contributed by atoms with Gasteiger partial charge in [0.1, 0.15) is 0 Å². The third-order valence-electron chi connectivity index (χ3n) is 5.05. The number of benzene rings is 5. The van der Waals surface area contributed by atoms with Gasteiger partial charge in [0.25, 0.3) is 0 Å². The Morgan fingerprint density at radius 2 is 0.808 bits per heavy atom. The first-order valence-electron chi connectivity index (χ1n) is 8.96.